The molecule has 5 aromatic rings. The average Bonchev–Trinajstić information content (AvgIpc) is 3.43. The Labute approximate surface area is 254 Å². The summed E-state index contributed by atoms with van der Waals surface area (Å²) in [5.74, 6) is 0.424. The van der Waals surface area contributed by atoms with Gasteiger partial charge in [-0.1, -0.05) is 73.5 Å². The topological polar surface area (TPSA) is 60.7 Å². The maximum Gasteiger partial charge on any atom is 0.345 e. The van der Waals surface area contributed by atoms with Crippen LogP contribution in [-0.4, -0.2) is 28.4 Å². The van der Waals surface area contributed by atoms with Crippen molar-refractivity contribution in [2.24, 2.45) is 0 Å². The van der Waals surface area contributed by atoms with Crippen molar-refractivity contribution in [2.75, 3.05) is 6.61 Å². The van der Waals surface area contributed by atoms with Gasteiger partial charge < -0.3 is 19.1 Å². The van der Waals surface area contributed by atoms with E-state index in [0.717, 1.165) is 53.4 Å². The quantitative estimate of drug-likeness (QED) is 0.127. The number of carboxylic acids is 1. The lowest BCUT2D eigenvalue weighted by atomic mass is 10.1. The molecule has 0 saturated carbocycles. The third-order valence-corrected chi connectivity index (χ3v) is 7.61. The van der Waals surface area contributed by atoms with Crippen LogP contribution >= 0.6 is 0 Å². The smallest absolute Gasteiger partial charge is 0.345 e. The van der Waals surface area contributed by atoms with E-state index in [0.29, 0.717) is 12.2 Å². The number of carbonyl (C=O) groups is 1. The molecule has 1 heterocycles. The van der Waals surface area contributed by atoms with Crippen molar-refractivity contribution in [2.45, 2.75) is 51.6 Å². The number of rotatable bonds is 15. The van der Waals surface area contributed by atoms with Crippen LogP contribution in [-0.2, 0) is 17.6 Å². The lowest BCUT2D eigenvalue weighted by molar-refractivity contribution is -0.145. The molecule has 0 aliphatic rings. The summed E-state index contributed by atoms with van der Waals surface area (Å²) in [5.41, 5.74) is 6.57. The van der Waals surface area contributed by atoms with E-state index in [1.807, 2.05) is 66.7 Å². The van der Waals surface area contributed by atoms with E-state index in [4.69, 9.17) is 9.47 Å². The molecule has 0 amide bonds. The molecule has 5 heteroatoms. The molecule has 0 spiro atoms. The number of unbranched alkanes of at least 4 members (excludes halogenated alkanes) is 3. The van der Waals surface area contributed by atoms with Crippen molar-refractivity contribution in [1.29, 1.82) is 0 Å². The van der Waals surface area contributed by atoms with Crippen molar-refractivity contribution < 1.29 is 19.4 Å². The molecule has 5 rings (SSSR count). The van der Waals surface area contributed by atoms with Gasteiger partial charge in [0.15, 0.2) is 6.10 Å². The summed E-state index contributed by atoms with van der Waals surface area (Å²) < 4.78 is 14.1. The third kappa shape index (κ3) is 8.39. The minimum Gasteiger partial charge on any atom is -0.494 e. The zero-order chi connectivity index (χ0) is 29.9. The second-order valence-corrected chi connectivity index (χ2v) is 10.8. The molecule has 0 unspecified atom stereocenters. The standard InChI is InChI=1S/C38H39NO4/c1-29-17-26-36(32-18-22-35(23-19-32)43-37(38(40)41)28-31-15-9-5-10-16-31)39(29)33-20-24-34(25-21-33)42-27-11-3-2-6-12-30-13-7-4-8-14-30/h4-5,7-10,13-26,37H,2-3,6,11-12,27-28H2,1H3,(H,40,41)/t37-/m1/s1. The molecule has 5 nitrogen and oxygen atoms in total. The highest BCUT2D eigenvalue weighted by Crippen LogP contribution is 2.29. The van der Waals surface area contributed by atoms with E-state index in [-0.39, 0.29) is 0 Å². The van der Waals surface area contributed by atoms with Crippen LogP contribution in [0.2, 0.25) is 0 Å². The molecule has 1 N–H and O–H groups in total. The van der Waals surface area contributed by atoms with Crippen LogP contribution in [0.4, 0.5) is 0 Å². The second-order valence-electron chi connectivity index (χ2n) is 10.8. The van der Waals surface area contributed by atoms with E-state index in [1.54, 1.807) is 0 Å². The Morgan fingerprint density at radius 2 is 1.33 bits per heavy atom. The molecule has 220 valence electrons. The number of aryl methyl sites for hydroxylation is 2. The first-order chi connectivity index (χ1) is 21.1. The first kappa shape index (κ1) is 29.7. The van der Waals surface area contributed by atoms with Crippen molar-refractivity contribution >= 4 is 5.97 Å². The summed E-state index contributed by atoms with van der Waals surface area (Å²) >= 11 is 0. The maximum atomic E-state index is 11.8. The Morgan fingerprint density at radius 1 is 0.698 bits per heavy atom. The molecule has 1 aromatic heterocycles. The zero-order valence-corrected chi connectivity index (χ0v) is 24.7. The van der Waals surface area contributed by atoms with Gasteiger partial charge in [-0.25, -0.2) is 4.79 Å². The molecule has 43 heavy (non-hydrogen) atoms. The minimum absolute atomic E-state index is 0.300. The van der Waals surface area contributed by atoms with Gasteiger partial charge in [0.2, 0.25) is 0 Å². The molecule has 0 aliphatic carbocycles. The van der Waals surface area contributed by atoms with Crippen LogP contribution < -0.4 is 9.47 Å². The Morgan fingerprint density at radius 3 is 2.00 bits per heavy atom. The second kappa shape index (κ2) is 14.9. The van der Waals surface area contributed by atoms with Crippen LogP contribution in [0.5, 0.6) is 11.5 Å². The molecule has 0 aliphatic heterocycles. The van der Waals surface area contributed by atoms with E-state index < -0.39 is 12.1 Å². The Bertz CT molecular complexity index is 1560. The fourth-order valence-corrected chi connectivity index (χ4v) is 5.29. The molecule has 0 radical (unpaired) electrons. The Hall–Kier alpha value is -4.77. The number of carboxylic acid groups (broad SMARTS) is 1. The van der Waals surface area contributed by atoms with Gasteiger partial charge >= 0.3 is 5.97 Å². The van der Waals surface area contributed by atoms with Gasteiger partial charge in [0.25, 0.3) is 0 Å². The molecule has 4 aromatic carbocycles. The highest BCUT2D eigenvalue weighted by Gasteiger charge is 2.20. The normalized spacial score (nSPS) is 11.7. The summed E-state index contributed by atoms with van der Waals surface area (Å²) in [6.07, 6.45) is 5.13. The average molecular weight is 574 g/mol. The van der Waals surface area contributed by atoms with Gasteiger partial charge in [0, 0.05) is 17.8 Å². The van der Waals surface area contributed by atoms with Gasteiger partial charge in [0.05, 0.1) is 12.3 Å². The van der Waals surface area contributed by atoms with Gasteiger partial charge in [-0.3, -0.25) is 0 Å². The fraction of sp³-hybridized carbons (Fsp3) is 0.237. The van der Waals surface area contributed by atoms with Crippen LogP contribution in [0.25, 0.3) is 16.9 Å². The predicted molar refractivity (Wildman–Crippen MR) is 172 cm³/mol. The Kier molecular flexibility index (Phi) is 10.3. The summed E-state index contributed by atoms with van der Waals surface area (Å²) in [7, 11) is 0. The van der Waals surface area contributed by atoms with Gasteiger partial charge in [-0.2, -0.15) is 0 Å². The van der Waals surface area contributed by atoms with Crippen molar-refractivity contribution in [1.82, 2.24) is 4.57 Å². The Balaban J connectivity index is 1.15. The van der Waals surface area contributed by atoms with E-state index in [9.17, 15) is 9.90 Å². The van der Waals surface area contributed by atoms with Crippen molar-refractivity contribution in [3.05, 3.63) is 138 Å². The SMILES string of the molecule is Cc1ccc(-c2ccc(O[C@H](Cc3ccccc3)C(=O)O)cc2)n1-c1ccc(OCCCCCCc2ccccc2)cc1. The monoisotopic (exact) mass is 573 g/mol. The molecule has 0 fully saturated rings. The molecular weight excluding hydrogens is 534 g/mol. The number of nitrogens with zero attached hydrogens (tertiary/aromatic N) is 1. The van der Waals surface area contributed by atoms with Crippen LogP contribution in [0.1, 0.15) is 42.5 Å². The van der Waals surface area contributed by atoms with Crippen LogP contribution in [0, 0.1) is 6.92 Å². The highest BCUT2D eigenvalue weighted by molar-refractivity contribution is 5.73. The summed E-state index contributed by atoms with van der Waals surface area (Å²) in [4.78, 5) is 11.8. The van der Waals surface area contributed by atoms with Crippen molar-refractivity contribution in [3.63, 3.8) is 0 Å². The summed E-state index contributed by atoms with van der Waals surface area (Å²) in [5, 5.41) is 9.70. The molecule has 0 bridgehead atoms. The first-order valence-electron chi connectivity index (χ1n) is 15.1. The number of hydrogen-bond donors (Lipinski definition) is 1. The van der Waals surface area contributed by atoms with Crippen LogP contribution in [0.15, 0.2) is 121 Å². The molecule has 1 atom stereocenters. The predicted octanol–water partition coefficient (Wildman–Crippen LogP) is 8.71. The number of ether oxygens (including phenoxy) is 2. The summed E-state index contributed by atoms with van der Waals surface area (Å²) in [6, 6.07) is 40.3. The number of aliphatic carboxylic acids is 1. The number of hydrogen-bond acceptors (Lipinski definition) is 3. The highest BCUT2D eigenvalue weighted by atomic mass is 16.5. The van der Waals surface area contributed by atoms with E-state index in [1.165, 1.54) is 24.8 Å². The third-order valence-electron chi connectivity index (χ3n) is 7.61. The first-order valence-corrected chi connectivity index (χ1v) is 15.1. The largest absolute Gasteiger partial charge is 0.494 e. The maximum absolute atomic E-state index is 11.8. The zero-order valence-electron chi connectivity index (χ0n) is 24.7. The number of aromatic nitrogens is 1. The van der Waals surface area contributed by atoms with E-state index in [2.05, 4.69) is 66.1 Å². The van der Waals surface area contributed by atoms with Gasteiger partial charge in [-0.05, 0) is 104 Å². The van der Waals surface area contributed by atoms with Crippen molar-refractivity contribution in [3.8, 4) is 28.4 Å². The lowest BCUT2D eigenvalue weighted by Gasteiger charge is -2.16. The van der Waals surface area contributed by atoms with Crippen LogP contribution in [0.3, 0.4) is 0 Å². The minimum atomic E-state index is -0.983. The number of benzene rings is 4. The fourth-order valence-electron chi connectivity index (χ4n) is 5.29. The van der Waals surface area contributed by atoms with Gasteiger partial charge in [-0.15, -0.1) is 0 Å². The summed E-state index contributed by atoms with van der Waals surface area (Å²) in [6.45, 7) is 2.81. The lowest BCUT2D eigenvalue weighted by Crippen LogP contribution is -2.29. The van der Waals surface area contributed by atoms with E-state index >= 15 is 0 Å². The molecular formula is C38H39NO4. The van der Waals surface area contributed by atoms with Gasteiger partial charge in [0.1, 0.15) is 11.5 Å². The molecule has 0 saturated heterocycles.